The second kappa shape index (κ2) is 6.74. The van der Waals surface area contributed by atoms with Gasteiger partial charge in [-0.15, -0.1) is 0 Å². The summed E-state index contributed by atoms with van der Waals surface area (Å²) in [6, 6.07) is 7.18. The Bertz CT molecular complexity index is 596. The number of hydrogen-bond acceptors (Lipinski definition) is 5. The molecule has 6 nitrogen and oxygen atoms in total. The fraction of sp³-hybridized carbons (Fsp3) is 0.467. The van der Waals surface area contributed by atoms with E-state index in [4.69, 9.17) is 0 Å². The number of aromatic nitrogens is 3. The van der Waals surface area contributed by atoms with Gasteiger partial charge in [0.25, 0.3) is 0 Å². The van der Waals surface area contributed by atoms with Gasteiger partial charge in [-0.3, -0.25) is 0 Å². The van der Waals surface area contributed by atoms with Crippen LogP contribution < -0.4 is 15.5 Å². The van der Waals surface area contributed by atoms with Crippen LogP contribution >= 0.6 is 0 Å². The normalized spacial score (nSPS) is 17.9. The van der Waals surface area contributed by atoms with Crippen molar-refractivity contribution in [2.75, 3.05) is 36.4 Å². The van der Waals surface area contributed by atoms with Gasteiger partial charge in [0.2, 0.25) is 5.95 Å². The van der Waals surface area contributed by atoms with E-state index >= 15 is 0 Å². The molecule has 1 aliphatic rings. The predicted molar refractivity (Wildman–Crippen MR) is 84.5 cm³/mol. The van der Waals surface area contributed by atoms with Crippen molar-refractivity contribution in [2.24, 2.45) is 7.05 Å². The molecule has 1 unspecified atom stereocenters. The number of rotatable bonds is 6. The molecule has 2 heterocycles. The number of anilines is 2. The lowest BCUT2D eigenvalue weighted by Gasteiger charge is -2.19. The van der Waals surface area contributed by atoms with Crippen LogP contribution in [0, 0.1) is 5.82 Å². The van der Waals surface area contributed by atoms with E-state index in [-0.39, 0.29) is 5.82 Å². The SMILES string of the molecule is Cn1ncnc1NCCNC1CCN(c2ccc(F)cc2)C1. The molecule has 1 atom stereocenters. The van der Waals surface area contributed by atoms with Gasteiger partial charge >= 0.3 is 0 Å². The third-order valence-corrected chi connectivity index (χ3v) is 3.93. The molecular formula is C15H21FN6. The molecule has 0 amide bonds. The maximum Gasteiger partial charge on any atom is 0.220 e. The van der Waals surface area contributed by atoms with Crippen LogP contribution in [-0.4, -0.2) is 47.0 Å². The second-order valence-corrected chi connectivity index (χ2v) is 5.50. The highest BCUT2D eigenvalue weighted by Crippen LogP contribution is 2.20. The van der Waals surface area contributed by atoms with Crippen LogP contribution in [0.1, 0.15) is 6.42 Å². The van der Waals surface area contributed by atoms with Gasteiger partial charge in [0.05, 0.1) is 0 Å². The maximum atomic E-state index is 13.0. The van der Waals surface area contributed by atoms with E-state index in [9.17, 15) is 4.39 Å². The summed E-state index contributed by atoms with van der Waals surface area (Å²) in [6.45, 7) is 3.63. The van der Waals surface area contributed by atoms with Crippen LogP contribution in [0.2, 0.25) is 0 Å². The van der Waals surface area contributed by atoms with Crippen LogP contribution in [0.3, 0.4) is 0 Å². The molecule has 1 fully saturated rings. The zero-order valence-corrected chi connectivity index (χ0v) is 12.7. The van der Waals surface area contributed by atoms with Crippen molar-refractivity contribution in [3.63, 3.8) is 0 Å². The van der Waals surface area contributed by atoms with E-state index < -0.39 is 0 Å². The average molecular weight is 304 g/mol. The number of nitrogens with one attached hydrogen (secondary N) is 2. The molecular weight excluding hydrogens is 283 g/mol. The Morgan fingerprint density at radius 3 is 2.82 bits per heavy atom. The highest BCUT2D eigenvalue weighted by atomic mass is 19.1. The van der Waals surface area contributed by atoms with Gasteiger partial charge < -0.3 is 15.5 Å². The molecule has 0 bridgehead atoms. The van der Waals surface area contributed by atoms with Gasteiger partial charge in [-0.1, -0.05) is 0 Å². The number of nitrogens with zero attached hydrogens (tertiary/aromatic N) is 4. The van der Waals surface area contributed by atoms with E-state index in [1.54, 1.807) is 4.68 Å². The zero-order chi connectivity index (χ0) is 15.4. The third kappa shape index (κ3) is 3.54. The lowest BCUT2D eigenvalue weighted by Crippen LogP contribution is -2.35. The molecule has 0 saturated carbocycles. The Kier molecular flexibility index (Phi) is 4.53. The Balaban J connectivity index is 1.40. The van der Waals surface area contributed by atoms with Gasteiger partial charge in [0.1, 0.15) is 12.1 Å². The third-order valence-electron chi connectivity index (χ3n) is 3.93. The molecule has 1 saturated heterocycles. The van der Waals surface area contributed by atoms with Crippen molar-refractivity contribution in [2.45, 2.75) is 12.5 Å². The molecule has 3 rings (SSSR count). The first kappa shape index (κ1) is 14.8. The largest absolute Gasteiger partial charge is 0.370 e. The fourth-order valence-corrected chi connectivity index (χ4v) is 2.72. The smallest absolute Gasteiger partial charge is 0.220 e. The average Bonchev–Trinajstić information content (AvgIpc) is 3.14. The van der Waals surface area contributed by atoms with E-state index in [2.05, 4.69) is 25.6 Å². The molecule has 0 radical (unpaired) electrons. The summed E-state index contributed by atoms with van der Waals surface area (Å²) in [6.07, 6.45) is 2.63. The minimum Gasteiger partial charge on any atom is -0.370 e. The lowest BCUT2D eigenvalue weighted by molar-refractivity contribution is 0.562. The summed E-state index contributed by atoms with van der Waals surface area (Å²) in [5.74, 6) is 0.591. The van der Waals surface area contributed by atoms with Gasteiger partial charge in [-0.2, -0.15) is 10.1 Å². The highest BCUT2D eigenvalue weighted by molar-refractivity contribution is 5.47. The van der Waals surface area contributed by atoms with Gasteiger partial charge in [-0.05, 0) is 30.7 Å². The number of aryl methyl sites for hydroxylation is 1. The van der Waals surface area contributed by atoms with E-state index in [0.29, 0.717) is 6.04 Å². The molecule has 2 aromatic rings. The molecule has 0 aliphatic carbocycles. The standard InChI is InChI=1S/C15H21FN6/c1-21-15(19-11-20-21)18-8-7-17-13-6-9-22(10-13)14-4-2-12(16)3-5-14/h2-5,11,13,17H,6-10H2,1H3,(H,18,19,20). The molecule has 7 heteroatoms. The molecule has 22 heavy (non-hydrogen) atoms. The maximum absolute atomic E-state index is 13.0. The van der Waals surface area contributed by atoms with Gasteiger partial charge in [0, 0.05) is 45.0 Å². The summed E-state index contributed by atoms with van der Waals surface area (Å²) in [5.41, 5.74) is 1.09. The van der Waals surface area contributed by atoms with Crippen LogP contribution in [0.5, 0.6) is 0 Å². The first-order valence-electron chi connectivity index (χ1n) is 7.54. The molecule has 1 aromatic heterocycles. The monoisotopic (exact) mass is 304 g/mol. The predicted octanol–water partition coefficient (Wildman–Crippen LogP) is 1.23. The van der Waals surface area contributed by atoms with Crippen LogP contribution in [0.4, 0.5) is 16.0 Å². The van der Waals surface area contributed by atoms with Crippen molar-refractivity contribution >= 4 is 11.6 Å². The quantitative estimate of drug-likeness (QED) is 0.786. The summed E-state index contributed by atoms with van der Waals surface area (Å²) in [4.78, 5) is 6.40. The summed E-state index contributed by atoms with van der Waals surface area (Å²) in [7, 11) is 1.86. The van der Waals surface area contributed by atoms with Crippen molar-refractivity contribution in [3.05, 3.63) is 36.4 Å². The molecule has 0 spiro atoms. The van der Waals surface area contributed by atoms with Gasteiger partial charge in [0.15, 0.2) is 0 Å². The topological polar surface area (TPSA) is 58.0 Å². The lowest BCUT2D eigenvalue weighted by atomic mass is 10.2. The van der Waals surface area contributed by atoms with Crippen molar-refractivity contribution < 1.29 is 4.39 Å². The first-order valence-corrected chi connectivity index (χ1v) is 7.54. The first-order chi connectivity index (χ1) is 10.7. The van der Waals surface area contributed by atoms with E-state index in [0.717, 1.165) is 44.2 Å². The Hall–Kier alpha value is -2.15. The molecule has 1 aliphatic heterocycles. The van der Waals surface area contributed by atoms with Crippen molar-refractivity contribution in [1.82, 2.24) is 20.1 Å². The van der Waals surface area contributed by atoms with Crippen LogP contribution in [-0.2, 0) is 7.05 Å². The number of benzene rings is 1. The Morgan fingerprint density at radius 2 is 2.09 bits per heavy atom. The Morgan fingerprint density at radius 1 is 1.27 bits per heavy atom. The van der Waals surface area contributed by atoms with Crippen LogP contribution in [0.15, 0.2) is 30.6 Å². The zero-order valence-electron chi connectivity index (χ0n) is 12.7. The van der Waals surface area contributed by atoms with Crippen molar-refractivity contribution in [1.29, 1.82) is 0 Å². The number of hydrogen-bond donors (Lipinski definition) is 2. The van der Waals surface area contributed by atoms with E-state index in [1.165, 1.54) is 18.5 Å². The van der Waals surface area contributed by atoms with Gasteiger partial charge in [-0.25, -0.2) is 9.07 Å². The van der Waals surface area contributed by atoms with Crippen LogP contribution in [0.25, 0.3) is 0 Å². The summed E-state index contributed by atoms with van der Waals surface area (Å²) in [5, 5.41) is 10.8. The Labute approximate surface area is 129 Å². The molecule has 1 aromatic carbocycles. The fourth-order valence-electron chi connectivity index (χ4n) is 2.72. The summed E-state index contributed by atoms with van der Waals surface area (Å²) < 4.78 is 14.7. The summed E-state index contributed by atoms with van der Waals surface area (Å²) >= 11 is 0. The van der Waals surface area contributed by atoms with E-state index in [1.807, 2.05) is 19.2 Å². The van der Waals surface area contributed by atoms with Crippen molar-refractivity contribution in [3.8, 4) is 0 Å². The minimum absolute atomic E-state index is 0.188. The number of halogens is 1. The molecule has 118 valence electrons. The highest BCUT2D eigenvalue weighted by Gasteiger charge is 2.21. The second-order valence-electron chi connectivity index (χ2n) is 5.50. The minimum atomic E-state index is -0.188. The molecule has 2 N–H and O–H groups in total.